The van der Waals surface area contributed by atoms with E-state index >= 15 is 0 Å². The van der Waals surface area contributed by atoms with Crippen molar-refractivity contribution >= 4 is 17.6 Å². The van der Waals surface area contributed by atoms with E-state index in [0.29, 0.717) is 12.1 Å². The van der Waals surface area contributed by atoms with Gasteiger partial charge in [-0.1, -0.05) is 52.0 Å². The molecule has 0 saturated carbocycles. The van der Waals surface area contributed by atoms with Crippen LogP contribution in [0, 0.1) is 0 Å². The summed E-state index contributed by atoms with van der Waals surface area (Å²) in [6.07, 6.45) is 0.811. The van der Waals surface area contributed by atoms with Gasteiger partial charge in [-0.25, -0.2) is 0 Å². The second-order valence-electron chi connectivity index (χ2n) is 6.64. The fourth-order valence-corrected chi connectivity index (χ4v) is 1.98. The number of rotatable bonds is 6. The van der Waals surface area contributed by atoms with Crippen molar-refractivity contribution in [1.29, 1.82) is 0 Å². The van der Waals surface area contributed by atoms with Crippen molar-refractivity contribution in [2.75, 3.05) is 6.54 Å². The molecule has 0 fully saturated rings. The first kappa shape index (κ1) is 18.9. The summed E-state index contributed by atoms with van der Waals surface area (Å²) < 4.78 is 0. The van der Waals surface area contributed by atoms with Crippen molar-refractivity contribution in [2.45, 2.75) is 52.5 Å². The maximum absolute atomic E-state index is 12.1. The highest BCUT2D eigenvalue weighted by Crippen LogP contribution is 2.22. The van der Waals surface area contributed by atoms with Crippen molar-refractivity contribution in [3.8, 4) is 0 Å². The zero-order chi connectivity index (χ0) is 17.6. The fourth-order valence-electron chi connectivity index (χ4n) is 1.98. The Morgan fingerprint density at radius 2 is 1.65 bits per heavy atom. The lowest BCUT2D eigenvalue weighted by atomic mass is 9.86. The van der Waals surface area contributed by atoms with Crippen LogP contribution in [0.15, 0.2) is 24.3 Å². The van der Waals surface area contributed by atoms with E-state index in [-0.39, 0.29) is 11.3 Å². The molecule has 5 heteroatoms. The minimum Gasteiger partial charge on any atom is -0.354 e. The van der Waals surface area contributed by atoms with Crippen LogP contribution in [-0.2, 0) is 15.0 Å². The Hall–Kier alpha value is -2.17. The predicted octanol–water partition coefficient (Wildman–Crippen LogP) is 2.20. The van der Waals surface area contributed by atoms with Gasteiger partial charge < -0.3 is 10.6 Å². The Morgan fingerprint density at radius 1 is 1.09 bits per heavy atom. The van der Waals surface area contributed by atoms with Gasteiger partial charge >= 0.3 is 0 Å². The number of hydrogen-bond donors (Lipinski definition) is 2. The summed E-state index contributed by atoms with van der Waals surface area (Å²) in [4.78, 5) is 35.8. The monoisotopic (exact) mass is 318 g/mol. The maximum atomic E-state index is 12.1. The smallest absolute Gasteiger partial charge is 0.293 e. The number of Topliss-reactive ketones (excluding diaryl/α,β-unsaturated/α-hetero) is 1. The third kappa shape index (κ3) is 5.51. The molecule has 0 heterocycles. The quantitative estimate of drug-likeness (QED) is 0.623. The molecule has 126 valence electrons. The molecule has 1 rings (SSSR count). The Morgan fingerprint density at radius 3 is 2.13 bits per heavy atom. The van der Waals surface area contributed by atoms with Crippen LogP contribution in [0.5, 0.6) is 0 Å². The van der Waals surface area contributed by atoms with Gasteiger partial charge in [0, 0.05) is 12.1 Å². The van der Waals surface area contributed by atoms with Gasteiger partial charge in [0.1, 0.15) is 6.04 Å². The Labute approximate surface area is 137 Å². The molecule has 0 aromatic heterocycles. The molecule has 23 heavy (non-hydrogen) atoms. The van der Waals surface area contributed by atoms with Crippen LogP contribution < -0.4 is 10.6 Å². The minimum absolute atomic E-state index is 0.0181. The molecular weight excluding hydrogens is 292 g/mol. The van der Waals surface area contributed by atoms with E-state index < -0.39 is 17.7 Å². The number of benzene rings is 1. The summed E-state index contributed by atoms with van der Waals surface area (Å²) in [7, 11) is 0. The van der Waals surface area contributed by atoms with E-state index in [9.17, 15) is 14.4 Å². The van der Waals surface area contributed by atoms with Gasteiger partial charge in [0.2, 0.25) is 11.7 Å². The summed E-state index contributed by atoms with van der Waals surface area (Å²) in [5, 5.41) is 5.11. The number of carbonyl (C=O) groups excluding carboxylic acids is 3. The average Bonchev–Trinajstić information content (AvgIpc) is 2.50. The first-order valence-corrected chi connectivity index (χ1v) is 7.90. The van der Waals surface area contributed by atoms with Crippen molar-refractivity contribution in [2.24, 2.45) is 0 Å². The van der Waals surface area contributed by atoms with E-state index in [1.54, 1.807) is 19.1 Å². The Kier molecular flexibility index (Phi) is 6.49. The van der Waals surface area contributed by atoms with E-state index in [1.807, 2.05) is 19.1 Å². The topological polar surface area (TPSA) is 75.3 Å². The Bertz CT molecular complexity index is 571. The number of hydrogen-bond acceptors (Lipinski definition) is 3. The molecular formula is C18H26N2O3. The van der Waals surface area contributed by atoms with Crippen molar-refractivity contribution in [3.63, 3.8) is 0 Å². The van der Waals surface area contributed by atoms with Crippen LogP contribution in [0.3, 0.4) is 0 Å². The maximum Gasteiger partial charge on any atom is 0.293 e. The highest BCUT2D eigenvalue weighted by molar-refractivity contribution is 6.43. The van der Waals surface area contributed by atoms with Gasteiger partial charge in [0.25, 0.3) is 5.91 Å². The highest BCUT2D eigenvalue weighted by atomic mass is 16.2. The molecule has 0 saturated heterocycles. The fraction of sp³-hybridized carbons (Fsp3) is 0.500. The molecule has 0 aliphatic heterocycles. The normalized spacial score (nSPS) is 12.4. The van der Waals surface area contributed by atoms with Gasteiger partial charge in [0.15, 0.2) is 0 Å². The van der Waals surface area contributed by atoms with E-state index in [4.69, 9.17) is 0 Å². The van der Waals surface area contributed by atoms with Crippen molar-refractivity contribution in [3.05, 3.63) is 35.4 Å². The van der Waals surface area contributed by atoms with Gasteiger partial charge in [-0.2, -0.15) is 0 Å². The van der Waals surface area contributed by atoms with Gasteiger partial charge in [0.05, 0.1) is 0 Å². The number of amides is 2. The average molecular weight is 318 g/mol. The highest BCUT2D eigenvalue weighted by Gasteiger charge is 2.22. The van der Waals surface area contributed by atoms with Gasteiger partial charge in [-0.05, 0) is 24.3 Å². The first-order valence-electron chi connectivity index (χ1n) is 7.90. The van der Waals surface area contributed by atoms with Gasteiger partial charge in [-0.3, -0.25) is 14.4 Å². The van der Waals surface area contributed by atoms with Crippen LogP contribution in [0.4, 0.5) is 0 Å². The van der Waals surface area contributed by atoms with Gasteiger partial charge in [-0.15, -0.1) is 0 Å². The standard InChI is InChI=1S/C18H26N2O3/c1-6-11-19-16(22)12(2)20-17(23)15(21)13-7-9-14(10-8-13)18(3,4)5/h7-10,12H,6,11H2,1-5H3,(H,19,22)(H,20,23)/t12-/m1/s1. The minimum atomic E-state index is -0.771. The Balaban J connectivity index is 2.70. The van der Waals surface area contributed by atoms with E-state index in [0.717, 1.165) is 12.0 Å². The lowest BCUT2D eigenvalue weighted by Gasteiger charge is -2.19. The zero-order valence-electron chi connectivity index (χ0n) is 14.5. The molecule has 0 spiro atoms. The second kappa shape index (κ2) is 7.90. The van der Waals surface area contributed by atoms with Crippen molar-refractivity contribution < 1.29 is 14.4 Å². The molecule has 1 atom stereocenters. The van der Waals surface area contributed by atoms with Crippen LogP contribution in [0.1, 0.15) is 57.0 Å². The SMILES string of the molecule is CCCNC(=O)[C@@H](C)NC(=O)C(=O)c1ccc(C(C)(C)C)cc1. The van der Waals surface area contributed by atoms with Crippen LogP contribution in [0.2, 0.25) is 0 Å². The van der Waals surface area contributed by atoms with E-state index in [2.05, 4.69) is 31.4 Å². The largest absolute Gasteiger partial charge is 0.354 e. The number of ketones is 1. The molecule has 2 N–H and O–H groups in total. The van der Waals surface area contributed by atoms with Crippen LogP contribution in [0.25, 0.3) is 0 Å². The van der Waals surface area contributed by atoms with Crippen molar-refractivity contribution in [1.82, 2.24) is 10.6 Å². The zero-order valence-corrected chi connectivity index (χ0v) is 14.5. The molecule has 0 radical (unpaired) electrons. The molecule has 0 unspecified atom stereocenters. The van der Waals surface area contributed by atoms with Crippen LogP contribution >= 0.6 is 0 Å². The third-order valence-electron chi connectivity index (χ3n) is 3.51. The second-order valence-corrected chi connectivity index (χ2v) is 6.64. The summed E-state index contributed by atoms with van der Waals surface area (Å²) >= 11 is 0. The molecule has 5 nitrogen and oxygen atoms in total. The summed E-state index contributed by atoms with van der Waals surface area (Å²) in [5.74, 6) is -1.70. The third-order valence-corrected chi connectivity index (χ3v) is 3.51. The number of nitrogens with one attached hydrogen (secondary N) is 2. The molecule has 1 aromatic carbocycles. The number of carbonyl (C=O) groups is 3. The lowest BCUT2D eigenvalue weighted by Crippen LogP contribution is -2.47. The van der Waals surface area contributed by atoms with Crippen LogP contribution in [-0.4, -0.2) is 30.2 Å². The van der Waals surface area contributed by atoms with E-state index in [1.165, 1.54) is 0 Å². The predicted molar refractivity (Wildman–Crippen MR) is 90.4 cm³/mol. The summed E-state index contributed by atoms with van der Waals surface area (Å²) in [6, 6.07) is 6.23. The lowest BCUT2D eigenvalue weighted by molar-refractivity contribution is -0.126. The molecule has 1 aromatic rings. The summed E-state index contributed by atoms with van der Waals surface area (Å²) in [6.45, 7) is 10.3. The molecule has 0 aliphatic carbocycles. The molecule has 0 bridgehead atoms. The molecule has 0 aliphatic rings. The first-order chi connectivity index (χ1) is 10.7. The molecule has 2 amide bonds. The summed E-state index contributed by atoms with van der Waals surface area (Å²) in [5.41, 5.74) is 1.38.